The third-order valence-corrected chi connectivity index (χ3v) is 2.60. The highest BCUT2D eigenvalue weighted by molar-refractivity contribution is 5.29. The summed E-state index contributed by atoms with van der Waals surface area (Å²) in [7, 11) is 0. The predicted octanol–water partition coefficient (Wildman–Crippen LogP) is 1.23. The summed E-state index contributed by atoms with van der Waals surface area (Å²) >= 11 is 0. The average molecular weight is 176 g/mol. The fourth-order valence-electron chi connectivity index (χ4n) is 1.85. The van der Waals surface area contributed by atoms with Gasteiger partial charge in [-0.2, -0.15) is 0 Å². The van der Waals surface area contributed by atoms with Crippen molar-refractivity contribution in [1.82, 2.24) is 10.6 Å². The van der Waals surface area contributed by atoms with Crippen molar-refractivity contribution in [3.63, 3.8) is 0 Å². The van der Waals surface area contributed by atoms with E-state index in [0.29, 0.717) is 6.04 Å². The lowest BCUT2D eigenvalue weighted by atomic mass is 10.0. The molecule has 1 atom stereocenters. The van der Waals surface area contributed by atoms with Crippen molar-refractivity contribution < 1.29 is 0 Å². The van der Waals surface area contributed by atoms with Gasteiger partial charge in [-0.15, -0.1) is 0 Å². The Morgan fingerprint density at radius 3 is 2.77 bits per heavy atom. The molecule has 1 aliphatic rings. The predicted molar refractivity (Wildman–Crippen MR) is 54.8 cm³/mol. The molecule has 1 fully saturated rings. The second-order valence-corrected chi connectivity index (χ2v) is 3.57. The fraction of sp³-hybridized carbons (Fsp3) is 0.455. The molecule has 2 heteroatoms. The SMILES string of the molecule is Cc1ccccc1[C@H]1CNCCN1. The van der Waals surface area contributed by atoms with Crippen LogP contribution >= 0.6 is 0 Å². The van der Waals surface area contributed by atoms with Gasteiger partial charge in [0.1, 0.15) is 0 Å². The van der Waals surface area contributed by atoms with E-state index in [-0.39, 0.29) is 0 Å². The summed E-state index contributed by atoms with van der Waals surface area (Å²) in [6, 6.07) is 9.08. The first-order chi connectivity index (χ1) is 6.38. The summed E-state index contributed by atoms with van der Waals surface area (Å²) in [5, 5.41) is 6.91. The lowest BCUT2D eigenvalue weighted by Gasteiger charge is -2.26. The van der Waals surface area contributed by atoms with Gasteiger partial charge >= 0.3 is 0 Å². The van der Waals surface area contributed by atoms with Crippen LogP contribution in [0.4, 0.5) is 0 Å². The second-order valence-electron chi connectivity index (χ2n) is 3.57. The molecule has 1 saturated heterocycles. The van der Waals surface area contributed by atoms with Crippen LogP contribution in [0.1, 0.15) is 17.2 Å². The monoisotopic (exact) mass is 176 g/mol. The normalized spacial score (nSPS) is 23.0. The van der Waals surface area contributed by atoms with E-state index < -0.39 is 0 Å². The minimum absolute atomic E-state index is 0.495. The summed E-state index contributed by atoms with van der Waals surface area (Å²) in [4.78, 5) is 0. The molecule has 2 N–H and O–H groups in total. The molecule has 70 valence electrons. The van der Waals surface area contributed by atoms with Crippen molar-refractivity contribution in [2.24, 2.45) is 0 Å². The summed E-state index contributed by atoms with van der Waals surface area (Å²) in [5.41, 5.74) is 2.80. The maximum absolute atomic E-state index is 3.51. The van der Waals surface area contributed by atoms with Gasteiger partial charge in [0.2, 0.25) is 0 Å². The number of rotatable bonds is 1. The highest BCUT2D eigenvalue weighted by atomic mass is 15.1. The Kier molecular flexibility index (Phi) is 2.62. The van der Waals surface area contributed by atoms with Crippen LogP contribution in [-0.2, 0) is 0 Å². The molecule has 0 aliphatic carbocycles. The Balaban J connectivity index is 2.18. The summed E-state index contributed by atoms with van der Waals surface area (Å²) in [6.07, 6.45) is 0. The lowest BCUT2D eigenvalue weighted by Crippen LogP contribution is -2.42. The van der Waals surface area contributed by atoms with Crippen LogP contribution < -0.4 is 10.6 Å². The van der Waals surface area contributed by atoms with Crippen molar-refractivity contribution in [3.05, 3.63) is 35.4 Å². The van der Waals surface area contributed by atoms with Gasteiger partial charge < -0.3 is 10.6 Å². The van der Waals surface area contributed by atoms with Gasteiger partial charge in [0, 0.05) is 25.7 Å². The smallest absolute Gasteiger partial charge is 0.0449 e. The molecule has 0 amide bonds. The number of piperazine rings is 1. The van der Waals surface area contributed by atoms with Crippen LogP contribution in [-0.4, -0.2) is 19.6 Å². The van der Waals surface area contributed by atoms with Crippen molar-refractivity contribution in [2.45, 2.75) is 13.0 Å². The number of nitrogens with one attached hydrogen (secondary N) is 2. The van der Waals surface area contributed by atoms with E-state index in [1.807, 2.05) is 0 Å². The van der Waals surface area contributed by atoms with E-state index in [1.165, 1.54) is 11.1 Å². The molecule has 1 aliphatic heterocycles. The van der Waals surface area contributed by atoms with Gasteiger partial charge in [-0.3, -0.25) is 0 Å². The van der Waals surface area contributed by atoms with Crippen LogP contribution in [0.2, 0.25) is 0 Å². The number of aryl methyl sites for hydroxylation is 1. The molecule has 1 heterocycles. The molecule has 1 aromatic carbocycles. The average Bonchev–Trinajstić information content (AvgIpc) is 2.20. The van der Waals surface area contributed by atoms with Crippen LogP contribution in [0.5, 0.6) is 0 Å². The lowest BCUT2D eigenvalue weighted by molar-refractivity contribution is 0.429. The first-order valence-corrected chi connectivity index (χ1v) is 4.87. The molecule has 2 nitrogen and oxygen atoms in total. The molecular weight excluding hydrogens is 160 g/mol. The van der Waals surface area contributed by atoms with Crippen molar-refractivity contribution in [3.8, 4) is 0 Å². The van der Waals surface area contributed by atoms with Gasteiger partial charge in [-0.1, -0.05) is 24.3 Å². The van der Waals surface area contributed by atoms with E-state index in [0.717, 1.165) is 19.6 Å². The molecule has 13 heavy (non-hydrogen) atoms. The van der Waals surface area contributed by atoms with Crippen LogP contribution in [0.15, 0.2) is 24.3 Å². The highest BCUT2D eigenvalue weighted by Crippen LogP contribution is 2.17. The largest absolute Gasteiger partial charge is 0.314 e. The van der Waals surface area contributed by atoms with E-state index in [4.69, 9.17) is 0 Å². The third-order valence-electron chi connectivity index (χ3n) is 2.60. The molecule has 1 aromatic rings. The standard InChI is InChI=1S/C11H16N2/c1-9-4-2-3-5-10(9)11-8-12-6-7-13-11/h2-5,11-13H,6-8H2,1H3/t11-/m1/s1. The van der Waals surface area contributed by atoms with Crippen LogP contribution in [0.25, 0.3) is 0 Å². The second kappa shape index (κ2) is 3.90. The zero-order valence-electron chi connectivity index (χ0n) is 8.01. The zero-order chi connectivity index (χ0) is 9.10. The Hall–Kier alpha value is -0.860. The van der Waals surface area contributed by atoms with Gasteiger partial charge in [0.15, 0.2) is 0 Å². The van der Waals surface area contributed by atoms with Gasteiger partial charge in [-0.05, 0) is 18.1 Å². The summed E-state index contributed by atoms with van der Waals surface area (Å²) < 4.78 is 0. The quantitative estimate of drug-likeness (QED) is 0.672. The Bertz CT molecular complexity index is 277. The summed E-state index contributed by atoms with van der Waals surface area (Å²) in [5.74, 6) is 0. The molecule has 0 bridgehead atoms. The van der Waals surface area contributed by atoms with E-state index in [9.17, 15) is 0 Å². The van der Waals surface area contributed by atoms with Crippen molar-refractivity contribution >= 4 is 0 Å². The molecule has 0 unspecified atom stereocenters. The highest BCUT2D eigenvalue weighted by Gasteiger charge is 2.14. The van der Waals surface area contributed by atoms with Gasteiger partial charge in [0.05, 0.1) is 0 Å². The van der Waals surface area contributed by atoms with Gasteiger partial charge in [0.25, 0.3) is 0 Å². The Morgan fingerprint density at radius 2 is 2.08 bits per heavy atom. The molecule has 0 radical (unpaired) electrons. The third kappa shape index (κ3) is 1.90. The minimum Gasteiger partial charge on any atom is -0.314 e. The van der Waals surface area contributed by atoms with Crippen LogP contribution in [0, 0.1) is 6.92 Å². The topological polar surface area (TPSA) is 24.1 Å². The van der Waals surface area contributed by atoms with E-state index >= 15 is 0 Å². The van der Waals surface area contributed by atoms with Gasteiger partial charge in [-0.25, -0.2) is 0 Å². The van der Waals surface area contributed by atoms with E-state index in [2.05, 4.69) is 41.8 Å². The molecule has 0 spiro atoms. The molecule has 0 saturated carbocycles. The maximum atomic E-state index is 3.51. The first-order valence-electron chi connectivity index (χ1n) is 4.87. The number of benzene rings is 1. The molecule has 0 aromatic heterocycles. The minimum atomic E-state index is 0.495. The Morgan fingerprint density at radius 1 is 1.23 bits per heavy atom. The first kappa shape index (κ1) is 8.73. The zero-order valence-corrected chi connectivity index (χ0v) is 8.01. The summed E-state index contributed by atoms with van der Waals surface area (Å²) in [6.45, 7) is 5.37. The molecular formula is C11H16N2. The van der Waals surface area contributed by atoms with Crippen LogP contribution in [0.3, 0.4) is 0 Å². The maximum Gasteiger partial charge on any atom is 0.0449 e. The van der Waals surface area contributed by atoms with Crippen molar-refractivity contribution in [1.29, 1.82) is 0 Å². The number of hydrogen-bond acceptors (Lipinski definition) is 2. The Labute approximate surface area is 79.4 Å². The van der Waals surface area contributed by atoms with E-state index in [1.54, 1.807) is 0 Å². The van der Waals surface area contributed by atoms with Crippen molar-refractivity contribution in [2.75, 3.05) is 19.6 Å². The number of hydrogen-bond donors (Lipinski definition) is 2. The molecule has 2 rings (SSSR count). The fourth-order valence-corrected chi connectivity index (χ4v) is 1.85.